The molecule has 2 N–H and O–H groups in total. The lowest BCUT2D eigenvalue weighted by Gasteiger charge is -2.12. The predicted octanol–water partition coefficient (Wildman–Crippen LogP) is 2.36. The highest BCUT2D eigenvalue weighted by atomic mass is 16.5. The number of hydrogen-bond donors (Lipinski definition) is 2. The molecule has 1 aromatic carbocycles. The van der Waals surface area contributed by atoms with Gasteiger partial charge >= 0.3 is 6.03 Å². The van der Waals surface area contributed by atoms with E-state index in [2.05, 4.69) is 17.2 Å². The normalized spacial score (nSPS) is 9.35. The number of urea groups is 1. The molecule has 0 saturated heterocycles. The second kappa shape index (κ2) is 5.79. The topological polar surface area (TPSA) is 59.6 Å². The number of anilines is 1. The zero-order chi connectivity index (χ0) is 12.8. The van der Waals surface area contributed by atoms with E-state index in [1.165, 1.54) is 7.11 Å². The summed E-state index contributed by atoms with van der Waals surface area (Å²) in [7, 11) is 3.09. The van der Waals surface area contributed by atoms with Crippen molar-refractivity contribution in [3.05, 3.63) is 30.5 Å². The quantitative estimate of drug-likeness (QED) is 0.843. The van der Waals surface area contributed by atoms with E-state index in [4.69, 9.17) is 9.47 Å². The molecule has 0 radical (unpaired) electrons. The van der Waals surface area contributed by atoms with Crippen LogP contribution in [0.1, 0.15) is 6.92 Å². The fourth-order valence-corrected chi connectivity index (χ4v) is 1.26. The van der Waals surface area contributed by atoms with E-state index in [1.807, 2.05) is 0 Å². The van der Waals surface area contributed by atoms with Gasteiger partial charge in [-0.05, 0) is 19.1 Å². The molecule has 0 fully saturated rings. The van der Waals surface area contributed by atoms with Crippen LogP contribution >= 0.6 is 0 Å². The van der Waals surface area contributed by atoms with Crippen LogP contribution in [0.3, 0.4) is 0 Å². The number of ether oxygens (including phenoxy) is 2. The summed E-state index contributed by atoms with van der Waals surface area (Å²) in [6.45, 7) is 5.28. The van der Waals surface area contributed by atoms with Gasteiger partial charge in [-0.2, -0.15) is 0 Å². The van der Waals surface area contributed by atoms with E-state index in [0.29, 0.717) is 22.9 Å². The first kappa shape index (κ1) is 12.9. The van der Waals surface area contributed by atoms with Crippen molar-refractivity contribution in [1.82, 2.24) is 5.32 Å². The van der Waals surface area contributed by atoms with Gasteiger partial charge < -0.3 is 20.1 Å². The van der Waals surface area contributed by atoms with Gasteiger partial charge in [-0.15, -0.1) is 0 Å². The molecule has 0 unspecified atom stereocenters. The summed E-state index contributed by atoms with van der Waals surface area (Å²) >= 11 is 0. The van der Waals surface area contributed by atoms with Gasteiger partial charge in [-0.1, -0.05) is 6.58 Å². The number of allylic oxidation sites excluding steroid dienone is 1. The van der Waals surface area contributed by atoms with Crippen LogP contribution in [-0.2, 0) is 0 Å². The molecule has 0 aliphatic carbocycles. The van der Waals surface area contributed by atoms with Crippen molar-refractivity contribution in [1.29, 1.82) is 0 Å². The minimum absolute atomic E-state index is 0.371. The van der Waals surface area contributed by atoms with Gasteiger partial charge in [0.2, 0.25) is 0 Å². The summed E-state index contributed by atoms with van der Waals surface area (Å²) in [4.78, 5) is 11.5. The summed E-state index contributed by atoms with van der Waals surface area (Å²) in [5.74, 6) is 1.19. The fraction of sp³-hybridized carbons (Fsp3) is 0.250. The fourth-order valence-electron chi connectivity index (χ4n) is 1.26. The van der Waals surface area contributed by atoms with E-state index in [0.717, 1.165) is 0 Å². The maximum Gasteiger partial charge on any atom is 0.323 e. The Bertz CT molecular complexity index is 430. The van der Waals surface area contributed by atoms with Crippen LogP contribution in [-0.4, -0.2) is 20.3 Å². The van der Waals surface area contributed by atoms with Gasteiger partial charge in [0.1, 0.15) is 11.5 Å². The molecule has 17 heavy (non-hydrogen) atoms. The Morgan fingerprint density at radius 2 is 2.00 bits per heavy atom. The van der Waals surface area contributed by atoms with Gasteiger partial charge in [0.05, 0.1) is 19.9 Å². The summed E-state index contributed by atoms with van der Waals surface area (Å²) in [6, 6.07) is 4.77. The molecule has 0 spiro atoms. The number of carbonyl (C=O) groups excluding carboxylic acids is 1. The number of nitrogens with one attached hydrogen (secondary N) is 2. The predicted molar refractivity (Wildman–Crippen MR) is 66.5 cm³/mol. The zero-order valence-electron chi connectivity index (χ0n) is 10.2. The van der Waals surface area contributed by atoms with E-state index in [1.54, 1.807) is 32.2 Å². The minimum atomic E-state index is -0.371. The lowest BCUT2D eigenvalue weighted by atomic mass is 10.2. The molecular weight excluding hydrogens is 220 g/mol. The van der Waals surface area contributed by atoms with E-state index >= 15 is 0 Å². The molecule has 0 bridgehead atoms. The van der Waals surface area contributed by atoms with Crippen LogP contribution in [0.25, 0.3) is 0 Å². The molecule has 92 valence electrons. The van der Waals surface area contributed by atoms with Crippen LogP contribution < -0.4 is 20.1 Å². The maximum atomic E-state index is 11.5. The van der Waals surface area contributed by atoms with Crippen molar-refractivity contribution in [2.24, 2.45) is 0 Å². The van der Waals surface area contributed by atoms with Gasteiger partial charge in [-0.3, -0.25) is 0 Å². The first-order chi connectivity index (χ1) is 8.06. The highest BCUT2D eigenvalue weighted by Crippen LogP contribution is 2.28. The number of hydrogen-bond acceptors (Lipinski definition) is 3. The van der Waals surface area contributed by atoms with Gasteiger partial charge in [-0.25, -0.2) is 4.79 Å². The van der Waals surface area contributed by atoms with E-state index in [9.17, 15) is 4.79 Å². The van der Waals surface area contributed by atoms with Gasteiger partial charge in [0.15, 0.2) is 0 Å². The molecule has 1 aromatic rings. The molecule has 2 amide bonds. The number of benzene rings is 1. The van der Waals surface area contributed by atoms with E-state index < -0.39 is 0 Å². The third kappa shape index (κ3) is 3.71. The third-order valence-electron chi connectivity index (χ3n) is 1.98. The van der Waals surface area contributed by atoms with Crippen molar-refractivity contribution in [3.63, 3.8) is 0 Å². The Hall–Kier alpha value is -2.17. The molecule has 0 atom stereocenters. The largest absolute Gasteiger partial charge is 0.497 e. The molecule has 5 nitrogen and oxygen atoms in total. The van der Waals surface area contributed by atoms with Crippen molar-refractivity contribution < 1.29 is 14.3 Å². The van der Waals surface area contributed by atoms with Crippen LogP contribution in [0.5, 0.6) is 11.5 Å². The molecular formula is C12H16N2O3. The maximum absolute atomic E-state index is 11.5. The van der Waals surface area contributed by atoms with Crippen LogP contribution in [0.4, 0.5) is 10.5 Å². The summed E-state index contributed by atoms with van der Waals surface area (Å²) < 4.78 is 10.2. The molecule has 1 rings (SSSR count). The molecule has 0 aromatic heterocycles. The van der Waals surface area contributed by atoms with Crippen molar-refractivity contribution in [2.75, 3.05) is 19.5 Å². The van der Waals surface area contributed by atoms with Gasteiger partial charge in [0, 0.05) is 11.8 Å². The van der Waals surface area contributed by atoms with Crippen LogP contribution in [0.15, 0.2) is 30.5 Å². The van der Waals surface area contributed by atoms with Crippen LogP contribution in [0, 0.1) is 0 Å². The first-order valence-electron chi connectivity index (χ1n) is 5.02. The Balaban J connectivity index is 2.87. The highest BCUT2D eigenvalue weighted by molar-refractivity contribution is 5.92. The van der Waals surface area contributed by atoms with Crippen molar-refractivity contribution in [3.8, 4) is 11.5 Å². The molecule has 0 aliphatic rings. The van der Waals surface area contributed by atoms with Crippen LogP contribution in [0.2, 0.25) is 0 Å². The average molecular weight is 236 g/mol. The molecule has 0 heterocycles. The monoisotopic (exact) mass is 236 g/mol. The standard InChI is InChI=1S/C12H16N2O3/c1-8(2)13-12(15)14-10-7-9(16-3)5-6-11(10)17-4/h5-7H,1H2,2-4H3,(H2,13,14,15). The Morgan fingerprint density at radius 3 is 2.53 bits per heavy atom. The number of methoxy groups -OCH3 is 2. The van der Waals surface area contributed by atoms with Gasteiger partial charge in [0.25, 0.3) is 0 Å². The first-order valence-corrected chi connectivity index (χ1v) is 5.02. The summed E-state index contributed by atoms with van der Waals surface area (Å²) in [5.41, 5.74) is 1.09. The lowest BCUT2D eigenvalue weighted by molar-refractivity contribution is 0.254. The third-order valence-corrected chi connectivity index (χ3v) is 1.98. The smallest absolute Gasteiger partial charge is 0.323 e. The SMILES string of the molecule is C=C(C)NC(=O)Nc1cc(OC)ccc1OC. The second-order valence-electron chi connectivity index (χ2n) is 3.43. The van der Waals surface area contributed by atoms with Crippen molar-refractivity contribution >= 4 is 11.7 Å². The van der Waals surface area contributed by atoms with Crippen molar-refractivity contribution in [2.45, 2.75) is 6.92 Å². The molecule has 5 heteroatoms. The van der Waals surface area contributed by atoms with E-state index in [-0.39, 0.29) is 6.03 Å². The Kier molecular flexibility index (Phi) is 4.39. The Morgan fingerprint density at radius 1 is 1.29 bits per heavy atom. The zero-order valence-corrected chi connectivity index (χ0v) is 10.2. The number of amides is 2. The summed E-state index contributed by atoms with van der Waals surface area (Å²) in [5, 5.41) is 5.19. The number of carbonyl (C=O) groups is 1. The molecule has 0 saturated carbocycles. The minimum Gasteiger partial charge on any atom is -0.497 e. The highest BCUT2D eigenvalue weighted by Gasteiger charge is 2.08. The second-order valence-corrected chi connectivity index (χ2v) is 3.43. The lowest BCUT2D eigenvalue weighted by Crippen LogP contribution is -2.26. The summed E-state index contributed by atoms with van der Waals surface area (Å²) in [6.07, 6.45) is 0. The average Bonchev–Trinajstić information content (AvgIpc) is 2.27. The Labute approximate surface area is 100 Å². The number of rotatable bonds is 4. The molecule has 0 aliphatic heterocycles.